The number of hydrogen-bond donors (Lipinski definition) is 2. The minimum absolute atomic E-state index is 0.178. The largest absolute Gasteiger partial charge is 0.481 e. The van der Waals surface area contributed by atoms with Crippen LogP contribution in [0.25, 0.3) is 0 Å². The van der Waals surface area contributed by atoms with Crippen LogP contribution in [0.2, 0.25) is 0 Å². The van der Waals surface area contributed by atoms with Gasteiger partial charge in [0.05, 0.1) is 25.0 Å². The maximum absolute atomic E-state index is 13.0. The first-order chi connectivity index (χ1) is 11.5. The van der Waals surface area contributed by atoms with Crippen LogP contribution in [-0.4, -0.2) is 17.0 Å². The van der Waals surface area contributed by atoms with E-state index in [2.05, 4.69) is 5.32 Å². The molecule has 1 amide bonds. The third-order valence-electron chi connectivity index (χ3n) is 3.43. The summed E-state index contributed by atoms with van der Waals surface area (Å²) in [5.74, 6) is -1.98. The molecule has 0 heterocycles. The summed E-state index contributed by atoms with van der Waals surface area (Å²) in [6.45, 7) is 0. The second-order valence-corrected chi connectivity index (χ2v) is 5.21. The summed E-state index contributed by atoms with van der Waals surface area (Å²) in [4.78, 5) is 23.4. The Morgan fingerprint density at radius 2 is 1.92 bits per heavy atom. The molecule has 2 aromatic carbocycles. The molecule has 122 valence electrons. The molecule has 24 heavy (non-hydrogen) atoms. The van der Waals surface area contributed by atoms with E-state index < -0.39 is 23.7 Å². The fraction of sp³-hybridized carbons (Fsp3) is 0.167. The minimum Gasteiger partial charge on any atom is -0.481 e. The molecule has 2 N–H and O–H groups in total. The second kappa shape index (κ2) is 7.88. The highest BCUT2D eigenvalue weighted by Crippen LogP contribution is 2.18. The van der Waals surface area contributed by atoms with E-state index in [1.807, 2.05) is 6.07 Å². The smallest absolute Gasteiger partial charge is 0.305 e. The number of carbonyl (C=O) groups is 2. The summed E-state index contributed by atoms with van der Waals surface area (Å²) in [6, 6.07) is 13.1. The van der Waals surface area contributed by atoms with Crippen LogP contribution in [0.15, 0.2) is 48.5 Å². The zero-order valence-electron chi connectivity index (χ0n) is 12.7. The Morgan fingerprint density at radius 1 is 1.21 bits per heavy atom. The van der Waals surface area contributed by atoms with Crippen molar-refractivity contribution in [1.29, 1.82) is 5.26 Å². The molecule has 5 nitrogen and oxygen atoms in total. The van der Waals surface area contributed by atoms with Crippen LogP contribution >= 0.6 is 0 Å². The number of hydrogen-bond acceptors (Lipinski definition) is 3. The van der Waals surface area contributed by atoms with Crippen molar-refractivity contribution in [2.75, 3.05) is 0 Å². The van der Waals surface area contributed by atoms with Gasteiger partial charge in [0.25, 0.3) is 5.91 Å². The normalized spacial score (nSPS) is 11.3. The zero-order valence-corrected chi connectivity index (χ0v) is 12.7. The summed E-state index contributed by atoms with van der Waals surface area (Å²) in [7, 11) is 0. The Morgan fingerprint density at radius 3 is 2.54 bits per heavy atom. The highest BCUT2D eigenvalue weighted by molar-refractivity contribution is 5.94. The summed E-state index contributed by atoms with van der Waals surface area (Å²) < 4.78 is 13.0. The lowest BCUT2D eigenvalue weighted by Gasteiger charge is -2.17. The van der Waals surface area contributed by atoms with E-state index >= 15 is 0 Å². The summed E-state index contributed by atoms with van der Waals surface area (Å²) in [5, 5.41) is 20.4. The van der Waals surface area contributed by atoms with Crippen LogP contribution in [0, 0.1) is 17.1 Å². The molecule has 0 saturated carbocycles. The number of rotatable bonds is 6. The number of nitrogens with one attached hydrogen (secondary N) is 1. The van der Waals surface area contributed by atoms with E-state index in [0.29, 0.717) is 16.7 Å². The lowest BCUT2D eigenvalue weighted by Crippen LogP contribution is -2.30. The fourth-order valence-electron chi connectivity index (χ4n) is 2.28. The minimum atomic E-state index is -1.08. The molecule has 0 aliphatic carbocycles. The van der Waals surface area contributed by atoms with Crippen LogP contribution in [0.4, 0.5) is 4.39 Å². The monoisotopic (exact) mass is 326 g/mol. The van der Waals surface area contributed by atoms with Crippen LogP contribution in [0.1, 0.15) is 33.9 Å². The SMILES string of the molecule is N#CCc1cccc(C(=O)N[C@@H](CC(=O)O)c2ccc(F)cc2)c1. The summed E-state index contributed by atoms with van der Waals surface area (Å²) in [6.07, 6.45) is -0.146. The lowest BCUT2D eigenvalue weighted by molar-refractivity contribution is -0.137. The molecule has 0 fully saturated rings. The topological polar surface area (TPSA) is 90.2 Å². The van der Waals surface area contributed by atoms with E-state index in [9.17, 15) is 14.0 Å². The molecule has 0 bridgehead atoms. The van der Waals surface area contributed by atoms with Gasteiger partial charge in [0.2, 0.25) is 0 Å². The van der Waals surface area contributed by atoms with Gasteiger partial charge in [-0.05, 0) is 35.4 Å². The standard InChI is InChI=1S/C18H15FN2O3/c19-15-6-4-13(5-7-15)16(11-17(22)23)21-18(24)14-3-1-2-12(10-14)8-9-20/h1-7,10,16H,8,11H2,(H,21,24)(H,22,23)/t16-/m0/s1. The second-order valence-electron chi connectivity index (χ2n) is 5.21. The Labute approximate surface area is 138 Å². The first-order valence-corrected chi connectivity index (χ1v) is 7.23. The quantitative estimate of drug-likeness (QED) is 0.854. The number of amides is 1. The zero-order chi connectivity index (χ0) is 17.5. The van der Waals surface area contributed by atoms with Gasteiger partial charge in [-0.25, -0.2) is 4.39 Å². The van der Waals surface area contributed by atoms with Crippen molar-refractivity contribution in [2.45, 2.75) is 18.9 Å². The molecule has 1 atom stereocenters. The molecule has 0 unspecified atom stereocenters. The molecule has 0 saturated heterocycles. The molecular formula is C18H15FN2O3. The van der Waals surface area contributed by atoms with E-state index in [1.54, 1.807) is 24.3 Å². The predicted octanol–water partition coefficient (Wildman–Crippen LogP) is 2.84. The molecule has 0 aliphatic rings. The molecule has 2 aromatic rings. The van der Waals surface area contributed by atoms with E-state index in [4.69, 9.17) is 10.4 Å². The molecule has 6 heteroatoms. The maximum Gasteiger partial charge on any atom is 0.305 e. The van der Waals surface area contributed by atoms with Crippen molar-refractivity contribution in [3.8, 4) is 6.07 Å². The number of nitrogens with zero attached hydrogens (tertiary/aromatic N) is 1. The average Bonchev–Trinajstić information content (AvgIpc) is 2.55. The average molecular weight is 326 g/mol. The molecule has 0 radical (unpaired) electrons. The van der Waals surface area contributed by atoms with E-state index in [1.165, 1.54) is 24.3 Å². The first-order valence-electron chi connectivity index (χ1n) is 7.23. The van der Waals surface area contributed by atoms with Gasteiger partial charge in [-0.1, -0.05) is 24.3 Å². The van der Waals surface area contributed by atoms with Gasteiger partial charge < -0.3 is 10.4 Å². The van der Waals surface area contributed by atoms with E-state index in [-0.39, 0.29) is 12.8 Å². The van der Waals surface area contributed by atoms with Crippen molar-refractivity contribution in [2.24, 2.45) is 0 Å². The summed E-state index contributed by atoms with van der Waals surface area (Å²) in [5.41, 5.74) is 1.53. The van der Waals surface area contributed by atoms with Crippen molar-refractivity contribution in [1.82, 2.24) is 5.32 Å². The first kappa shape index (κ1) is 17.2. The highest BCUT2D eigenvalue weighted by Gasteiger charge is 2.19. The van der Waals surface area contributed by atoms with Gasteiger partial charge in [0.1, 0.15) is 5.82 Å². The number of halogens is 1. The van der Waals surface area contributed by atoms with E-state index in [0.717, 1.165) is 0 Å². The van der Waals surface area contributed by atoms with Crippen LogP contribution in [0.5, 0.6) is 0 Å². The molecule has 2 rings (SSSR count). The fourth-order valence-corrected chi connectivity index (χ4v) is 2.28. The van der Waals surface area contributed by atoms with Crippen molar-refractivity contribution >= 4 is 11.9 Å². The van der Waals surface area contributed by atoms with Gasteiger partial charge in [-0.15, -0.1) is 0 Å². The van der Waals surface area contributed by atoms with Crippen LogP contribution in [-0.2, 0) is 11.2 Å². The summed E-state index contributed by atoms with van der Waals surface area (Å²) >= 11 is 0. The molecule has 0 aliphatic heterocycles. The predicted molar refractivity (Wildman–Crippen MR) is 84.6 cm³/mol. The number of carboxylic acid groups (broad SMARTS) is 1. The number of benzene rings is 2. The Hall–Kier alpha value is -3.20. The third-order valence-corrected chi connectivity index (χ3v) is 3.43. The maximum atomic E-state index is 13.0. The van der Waals surface area contributed by atoms with Gasteiger partial charge in [-0.2, -0.15) is 5.26 Å². The van der Waals surface area contributed by atoms with Crippen molar-refractivity contribution < 1.29 is 19.1 Å². The van der Waals surface area contributed by atoms with Crippen molar-refractivity contribution in [3.05, 3.63) is 71.0 Å². The third kappa shape index (κ3) is 4.65. The Bertz CT molecular complexity index is 782. The van der Waals surface area contributed by atoms with Crippen LogP contribution in [0.3, 0.4) is 0 Å². The van der Waals surface area contributed by atoms with Crippen molar-refractivity contribution in [3.63, 3.8) is 0 Å². The Balaban J connectivity index is 2.21. The van der Waals surface area contributed by atoms with Gasteiger partial charge in [-0.3, -0.25) is 9.59 Å². The number of carbonyl (C=O) groups excluding carboxylic acids is 1. The molecule has 0 aromatic heterocycles. The number of nitriles is 1. The Kier molecular flexibility index (Phi) is 5.63. The molecule has 0 spiro atoms. The number of aliphatic carboxylic acids is 1. The van der Waals surface area contributed by atoms with Gasteiger partial charge in [0.15, 0.2) is 0 Å². The lowest BCUT2D eigenvalue weighted by atomic mass is 10.0. The van der Waals surface area contributed by atoms with Crippen LogP contribution < -0.4 is 5.32 Å². The number of carboxylic acids is 1. The van der Waals surface area contributed by atoms with Gasteiger partial charge >= 0.3 is 5.97 Å². The van der Waals surface area contributed by atoms with Gasteiger partial charge in [0, 0.05) is 5.56 Å². The highest BCUT2D eigenvalue weighted by atomic mass is 19.1. The molecular weight excluding hydrogens is 311 g/mol.